The Morgan fingerprint density at radius 3 is 2.34 bits per heavy atom. The minimum absolute atomic E-state index is 0.192. The number of hydrogen-bond donors (Lipinski definition) is 1. The molecule has 168 valence electrons. The third kappa shape index (κ3) is 6.16. The van der Waals surface area contributed by atoms with Crippen LogP contribution < -0.4 is 4.74 Å². The van der Waals surface area contributed by atoms with Crippen molar-refractivity contribution >= 4 is 5.97 Å². The molecule has 0 bridgehead atoms. The standard InChI is InChI=1S/C27H32N2O3/c1-3-5-7-11-20-12-8-9-13-23(20)25-24(19-28-26(29-25)27(30)31)21-14-16-22(17-15-21)32-18-10-6-4-2/h8-9,12-17,19H,3-7,10-11,18H2,1-2H3,(H,30,31). The molecule has 0 fully saturated rings. The first kappa shape index (κ1) is 23.5. The summed E-state index contributed by atoms with van der Waals surface area (Å²) in [5.41, 5.74) is 4.54. The Hall–Kier alpha value is -3.21. The average molecular weight is 433 g/mol. The van der Waals surface area contributed by atoms with E-state index in [-0.39, 0.29) is 5.82 Å². The topological polar surface area (TPSA) is 72.3 Å². The number of ether oxygens (including phenoxy) is 1. The second-order valence-electron chi connectivity index (χ2n) is 7.96. The number of nitrogens with zero attached hydrogens (tertiary/aromatic N) is 2. The van der Waals surface area contributed by atoms with Gasteiger partial charge in [0.1, 0.15) is 5.75 Å². The lowest BCUT2D eigenvalue weighted by molar-refractivity contribution is 0.0683. The van der Waals surface area contributed by atoms with Crippen LogP contribution >= 0.6 is 0 Å². The van der Waals surface area contributed by atoms with Crippen LogP contribution in [0.3, 0.4) is 0 Å². The van der Waals surface area contributed by atoms with Crippen LogP contribution in [0.25, 0.3) is 22.4 Å². The van der Waals surface area contributed by atoms with E-state index in [1.54, 1.807) is 6.20 Å². The van der Waals surface area contributed by atoms with E-state index in [0.29, 0.717) is 12.3 Å². The fraction of sp³-hybridized carbons (Fsp3) is 0.370. The molecular weight excluding hydrogens is 400 g/mol. The molecule has 0 aliphatic carbocycles. The number of carboxylic acid groups (broad SMARTS) is 1. The molecule has 0 radical (unpaired) electrons. The van der Waals surface area contributed by atoms with E-state index in [9.17, 15) is 9.90 Å². The number of unbranched alkanes of at least 4 members (excludes halogenated alkanes) is 4. The molecule has 0 unspecified atom stereocenters. The zero-order chi connectivity index (χ0) is 22.8. The molecule has 1 aromatic heterocycles. The van der Waals surface area contributed by atoms with Crippen molar-refractivity contribution in [3.63, 3.8) is 0 Å². The molecular formula is C27H32N2O3. The smallest absolute Gasteiger partial charge is 0.373 e. The van der Waals surface area contributed by atoms with Gasteiger partial charge in [0, 0.05) is 17.3 Å². The van der Waals surface area contributed by atoms with Crippen LogP contribution in [0, 0.1) is 0 Å². The van der Waals surface area contributed by atoms with Crippen molar-refractivity contribution in [1.29, 1.82) is 0 Å². The second kappa shape index (κ2) is 12.0. The monoisotopic (exact) mass is 432 g/mol. The van der Waals surface area contributed by atoms with E-state index in [2.05, 4.69) is 29.9 Å². The van der Waals surface area contributed by atoms with Gasteiger partial charge in [-0.25, -0.2) is 14.8 Å². The SMILES string of the molecule is CCCCCOc1ccc(-c2cnc(C(=O)O)nc2-c2ccccc2CCCCC)cc1. The summed E-state index contributed by atoms with van der Waals surface area (Å²) in [7, 11) is 0. The van der Waals surface area contributed by atoms with Gasteiger partial charge >= 0.3 is 5.97 Å². The average Bonchev–Trinajstić information content (AvgIpc) is 2.82. The normalized spacial score (nSPS) is 10.8. The molecule has 32 heavy (non-hydrogen) atoms. The van der Waals surface area contributed by atoms with Crippen LogP contribution in [-0.4, -0.2) is 27.7 Å². The maximum Gasteiger partial charge on any atom is 0.373 e. The van der Waals surface area contributed by atoms with Gasteiger partial charge in [-0.15, -0.1) is 0 Å². The van der Waals surface area contributed by atoms with Gasteiger partial charge in [-0.1, -0.05) is 75.9 Å². The third-order valence-electron chi connectivity index (χ3n) is 5.48. The van der Waals surface area contributed by atoms with Crippen molar-refractivity contribution in [2.45, 2.75) is 58.8 Å². The zero-order valence-corrected chi connectivity index (χ0v) is 19.0. The van der Waals surface area contributed by atoms with Gasteiger partial charge in [-0.2, -0.15) is 0 Å². The fourth-order valence-electron chi connectivity index (χ4n) is 3.71. The maximum absolute atomic E-state index is 11.6. The van der Waals surface area contributed by atoms with Crippen molar-refractivity contribution in [1.82, 2.24) is 9.97 Å². The third-order valence-corrected chi connectivity index (χ3v) is 5.48. The van der Waals surface area contributed by atoms with Crippen LogP contribution in [0.1, 0.15) is 68.6 Å². The summed E-state index contributed by atoms with van der Waals surface area (Å²) in [5.74, 6) is -0.491. The number of benzene rings is 2. The van der Waals surface area contributed by atoms with E-state index >= 15 is 0 Å². The molecule has 3 rings (SSSR count). The van der Waals surface area contributed by atoms with Gasteiger partial charge in [-0.3, -0.25) is 0 Å². The maximum atomic E-state index is 11.6. The van der Waals surface area contributed by atoms with Crippen LogP contribution in [0.2, 0.25) is 0 Å². The summed E-state index contributed by atoms with van der Waals surface area (Å²) >= 11 is 0. The lowest BCUT2D eigenvalue weighted by Crippen LogP contribution is -2.06. The summed E-state index contributed by atoms with van der Waals surface area (Å²) in [6, 6.07) is 16.0. The van der Waals surface area contributed by atoms with E-state index in [4.69, 9.17) is 4.74 Å². The number of aromatic nitrogens is 2. The Morgan fingerprint density at radius 2 is 1.62 bits per heavy atom. The summed E-state index contributed by atoms with van der Waals surface area (Å²) in [6.45, 7) is 5.07. The Bertz CT molecular complexity index is 1020. The molecule has 2 aromatic carbocycles. The molecule has 0 saturated carbocycles. The van der Waals surface area contributed by atoms with Crippen molar-refractivity contribution < 1.29 is 14.6 Å². The van der Waals surface area contributed by atoms with Crippen LogP contribution in [0.15, 0.2) is 54.7 Å². The van der Waals surface area contributed by atoms with E-state index < -0.39 is 5.97 Å². The minimum atomic E-state index is -1.13. The second-order valence-corrected chi connectivity index (χ2v) is 7.96. The van der Waals surface area contributed by atoms with Gasteiger partial charge in [0.05, 0.1) is 12.3 Å². The zero-order valence-electron chi connectivity index (χ0n) is 19.0. The predicted molar refractivity (Wildman–Crippen MR) is 128 cm³/mol. The fourth-order valence-corrected chi connectivity index (χ4v) is 3.71. The lowest BCUT2D eigenvalue weighted by atomic mass is 9.94. The lowest BCUT2D eigenvalue weighted by Gasteiger charge is -2.14. The van der Waals surface area contributed by atoms with Crippen LogP contribution in [-0.2, 0) is 6.42 Å². The summed E-state index contributed by atoms with van der Waals surface area (Å²) in [4.78, 5) is 20.1. The minimum Gasteiger partial charge on any atom is -0.494 e. The summed E-state index contributed by atoms with van der Waals surface area (Å²) < 4.78 is 5.83. The highest BCUT2D eigenvalue weighted by atomic mass is 16.5. The Balaban J connectivity index is 1.95. The van der Waals surface area contributed by atoms with Gasteiger partial charge in [0.15, 0.2) is 0 Å². The van der Waals surface area contributed by atoms with Crippen molar-refractivity contribution in [2.75, 3.05) is 6.61 Å². The predicted octanol–water partition coefficient (Wildman–Crippen LogP) is 6.81. The quantitative estimate of drug-likeness (QED) is 0.318. The molecule has 0 atom stereocenters. The largest absolute Gasteiger partial charge is 0.494 e. The Morgan fingerprint density at radius 1 is 0.906 bits per heavy atom. The number of rotatable bonds is 12. The Kier molecular flexibility index (Phi) is 8.79. The van der Waals surface area contributed by atoms with Crippen molar-refractivity contribution in [2.24, 2.45) is 0 Å². The highest BCUT2D eigenvalue weighted by Gasteiger charge is 2.17. The molecule has 1 heterocycles. The van der Waals surface area contributed by atoms with Gasteiger partial charge in [0.2, 0.25) is 5.82 Å². The van der Waals surface area contributed by atoms with Gasteiger partial charge < -0.3 is 9.84 Å². The summed E-state index contributed by atoms with van der Waals surface area (Å²) in [6.07, 6.45) is 9.31. The van der Waals surface area contributed by atoms with E-state index in [1.807, 2.05) is 42.5 Å². The number of carboxylic acids is 1. The van der Waals surface area contributed by atoms with Crippen molar-refractivity contribution in [3.05, 3.63) is 66.1 Å². The van der Waals surface area contributed by atoms with Crippen LogP contribution in [0.5, 0.6) is 5.75 Å². The molecule has 0 aliphatic heterocycles. The van der Waals surface area contributed by atoms with Crippen LogP contribution in [0.4, 0.5) is 0 Å². The van der Waals surface area contributed by atoms with E-state index in [1.165, 1.54) is 5.56 Å². The molecule has 5 nitrogen and oxygen atoms in total. The first-order valence-corrected chi connectivity index (χ1v) is 11.6. The molecule has 0 spiro atoms. The van der Waals surface area contributed by atoms with Gasteiger partial charge in [-0.05, 0) is 42.5 Å². The highest BCUT2D eigenvalue weighted by Crippen LogP contribution is 2.33. The number of aromatic carboxylic acids is 1. The first-order chi connectivity index (χ1) is 15.6. The Labute approximate surface area is 190 Å². The molecule has 0 amide bonds. The molecule has 5 heteroatoms. The molecule has 3 aromatic rings. The van der Waals surface area contributed by atoms with Gasteiger partial charge in [0.25, 0.3) is 0 Å². The summed E-state index contributed by atoms with van der Waals surface area (Å²) in [5, 5.41) is 9.48. The first-order valence-electron chi connectivity index (χ1n) is 11.6. The van der Waals surface area contributed by atoms with E-state index in [0.717, 1.165) is 67.4 Å². The number of aryl methyl sites for hydroxylation is 1. The highest BCUT2D eigenvalue weighted by molar-refractivity contribution is 5.87. The molecule has 1 N–H and O–H groups in total. The molecule has 0 saturated heterocycles. The van der Waals surface area contributed by atoms with Crippen molar-refractivity contribution in [3.8, 4) is 28.1 Å². The number of hydrogen-bond acceptors (Lipinski definition) is 4. The molecule has 0 aliphatic rings. The number of carbonyl (C=O) groups is 1.